The van der Waals surface area contributed by atoms with Crippen LogP contribution in [0.3, 0.4) is 0 Å². The van der Waals surface area contributed by atoms with Crippen molar-refractivity contribution in [2.24, 2.45) is 5.92 Å². The fourth-order valence-corrected chi connectivity index (χ4v) is 3.23. The van der Waals surface area contributed by atoms with Crippen LogP contribution in [0.2, 0.25) is 0 Å². The van der Waals surface area contributed by atoms with Crippen molar-refractivity contribution in [2.75, 3.05) is 13.1 Å². The van der Waals surface area contributed by atoms with E-state index in [1.54, 1.807) is 6.20 Å². The summed E-state index contributed by atoms with van der Waals surface area (Å²) in [5.41, 5.74) is 3.83. The molecular formula is C18H18N4O. The molecule has 0 aliphatic carbocycles. The quantitative estimate of drug-likeness (QED) is 0.809. The molecule has 3 aromatic rings. The summed E-state index contributed by atoms with van der Waals surface area (Å²) < 4.78 is 0. The van der Waals surface area contributed by atoms with Crippen molar-refractivity contribution in [2.45, 2.75) is 13.3 Å². The van der Waals surface area contributed by atoms with Crippen LogP contribution < -0.4 is 0 Å². The normalized spacial score (nSPS) is 14.9. The molecule has 1 aliphatic rings. The molecule has 116 valence electrons. The third-order valence-electron chi connectivity index (χ3n) is 4.41. The van der Waals surface area contributed by atoms with Gasteiger partial charge in [-0.05, 0) is 30.9 Å². The van der Waals surface area contributed by atoms with Gasteiger partial charge in [-0.2, -0.15) is 0 Å². The first-order valence-electron chi connectivity index (χ1n) is 7.83. The molecule has 3 heterocycles. The van der Waals surface area contributed by atoms with Crippen LogP contribution in [0.25, 0.3) is 11.0 Å². The van der Waals surface area contributed by atoms with Crippen LogP contribution in [-0.4, -0.2) is 38.8 Å². The highest BCUT2D eigenvalue weighted by atomic mass is 16.2. The first kappa shape index (κ1) is 13.9. The number of H-pyrrole nitrogens is 1. The molecule has 4 rings (SSSR count). The van der Waals surface area contributed by atoms with Gasteiger partial charge in [-0.25, -0.2) is 9.97 Å². The minimum Gasteiger partial charge on any atom is -0.346 e. The van der Waals surface area contributed by atoms with Crippen molar-refractivity contribution < 1.29 is 4.79 Å². The van der Waals surface area contributed by atoms with Crippen molar-refractivity contribution in [3.05, 3.63) is 59.7 Å². The second kappa shape index (κ2) is 5.50. The van der Waals surface area contributed by atoms with E-state index in [0.29, 0.717) is 17.3 Å². The van der Waals surface area contributed by atoms with Crippen molar-refractivity contribution in [3.63, 3.8) is 0 Å². The van der Waals surface area contributed by atoms with Crippen LogP contribution in [-0.2, 0) is 6.42 Å². The molecule has 0 radical (unpaired) electrons. The van der Waals surface area contributed by atoms with Gasteiger partial charge in [0.25, 0.3) is 5.91 Å². The predicted molar refractivity (Wildman–Crippen MR) is 88.2 cm³/mol. The first-order chi connectivity index (χ1) is 11.2. The Balaban J connectivity index is 1.43. The standard InChI is InChI=1S/C18H18N4O/c1-12-3-2-4-13(7-12)8-14-9-22(10-14)18(23)16-15-5-6-19-17(15)21-11-20-16/h2-7,11,14H,8-10H2,1H3,(H,19,20,21). The molecule has 1 aliphatic heterocycles. The Bertz CT molecular complexity index is 864. The van der Waals surface area contributed by atoms with E-state index in [2.05, 4.69) is 46.1 Å². The number of hydrogen-bond acceptors (Lipinski definition) is 3. The number of amides is 1. The maximum atomic E-state index is 12.6. The zero-order chi connectivity index (χ0) is 15.8. The van der Waals surface area contributed by atoms with Gasteiger partial charge in [0, 0.05) is 19.3 Å². The molecule has 0 bridgehead atoms. The highest BCUT2D eigenvalue weighted by Crippen LogP contribution is 2.24. The number of benzene rings is 1. The van der Waals surface area contributed by atoms with Crippen molar-refractivity contribution >= 4 is 16.9 Å². The average Bonchev–Trinajstić information content (AvgIpc) is 2.98. The van der Waals surface area contributed by atoms with Crippen LogP contribution >= 0.6 is 0 Å². The van der Waals surface area contributed by atoms with E-state index in [1.807, 2.05) is 11.0 Å². The molecule has 1 amide bonds. The van der Waals surface area contributed by atoms with Crippen molar-refractivity contribution in [1.29, 1.82) is 0 Å². The molecule has 1 aromatic carbocycles. The second-order valence-corrected chi connectivity index (χ2v) is 6.23. The number of aryl methyl sites for hydroxylation is 1. The summed E-state index contributed by atoms with van der Waals surface area (Å²) in [5, 5.41) is 0.791. The van der Waals surface area contributed by atoms with E-state index in [1.165, 1.54) is 17.5 Å². The molecule has 0 unspecified atom stereocenters. The maximum absolute atomic E-state index is 12.6. The Kier molecular flexibility index (Phi) is 3.33. The fourth-order valence-electron chi connectivity index (χ4n) is 3.23. The van der Waals surface area contributed by atoms with E-state index >= 15 is 0 Å². The van der Waals surface area contributed by atoms with Crippen LogP contribution in [0.15, 0.2) is 42.9 Å². The van der Waals surface area contributed by atoms with E-state index in [4.69, 9.17) is 0 Å². The lowest BCUT2D eigenvalue weighted by Gasteiger charge is -2.39. The predicted octanol–water partition coefficient (Wildman–Crippen LogP) is 2.58. The molecule has 23 heavy (non-hydrogen) atoms. The molecule has 1 N–H and O–H groups in total. The highest BCUT2D eigenvalue weighted by molar-refractivity contribution is 6.03. The average molecular weight is 306 g/mol. The summed E-state index contributed by atoms with van der Waals surface area (Å²) in [5.74, 6) is 0.529. The minimum atomic E-state index is -0.00232. The van der Waals surface area contributed by atoms with Gasteiger partial charge in [-0.15, -0.1) is 0 Å². The van der Waals surface area contributed by atoms with Gasteiger partial charge < -0.3 is 9.88 Å². The van der Waals surface area contributed by atoms with Gasteiger partial charge in [-0.1, -0.05) is 29.8 Å². The molecule has 1 fully saturated rings. The fraction of sp³-hybridized carbons (Fsp3) is 0.278. The van der Waals surface area contributed by atoms with Crippen LogP contribution in [0, 0.1) is 12.8 Å². The Morgan fingerprint density at radius 2 is 2.17 bits per heavy atom. The van der Waals surface area contributed by atoms with Crippen LogP contribution in [0.5, 0.6) is 0 Å². The van der Waals surface area contributed by atoms with Crippen molar-refractivity contribution in [3.8, 4) is 0 Å². The molecule has 0 atom stereocenters. The minimum absolute atomic E-state index is 0.00232. The van der Waals surface area contributed by atoms with Crippen LogP contribution in [0.1, 0.15) is 21.6 Å². The van der Waals surface area contributed by atoms with Crippen molar-refractivity contribution in [1.82, 2.24) is 19.9 Å². The number of nitrogens with one attached hydrogen (secondary N) is 1. The number of hydrogen-bond donors (Lipinski definition) is 1. The largest absolute Gasteiger partial charge is 0.346 e. The Labute approximate surface area is 134 Å². The Hall–Kier alpha value is -2.69. The highest BCUT2D eigenvalue weighted by Gasteiger charge is 2.32. The number of nitrogens with zero attached hydrogens (tertiary/aromatic N) is 3. The zero-order valence-corrected chi connectivity index (χ0v) is 13.0. The van der Waals surface area contributed by atoms with Gasteiger partial charge in [0.15, 0.2) is 0 Å². The Morgan fingerprint density at radius 1 is 1.30 bits per heavy atom. The maximum Gasteiger partial charge on any atom is 0.273 e. The van der Waals surface area contributed by atoms with E-state index in [-0.39, 0.29) is 5.91 Å². The first-order valence-corrected chi connectivity index (χ1v) is 7.83. The zero-order valence-electron chi connectivity index (χ0n) is 13.0. The van der Waals surface area contributed by atoms with Gasteiger partial charge >= 0.3 is 0 Å². The summed E-state index contributed by atoms with van der Waals surface area (Å²) in [4.78, 5) is 25.8. The summed E-state index contributed by atoms with van der Waals surface area (Å²) >= 11 is 0. The number of rotatable bonds is 3. The lowest BCUT2D eigenvalue weighted by molar-refractivity contribution is 0.0497. The number of carbonyl (C=O) groups is 1. The van der Waals surface area contributed by atoms with E-state index < -0.39 is 0 Å². The second-order valence-electron chi connectivity index (χ2n) is 6.23. The molecule has 5 nitrogen and oxygen atoms in total. The number of aromatic amines is 1. The lowest BCUT2D eigenvalue weighted by Crippen LogP contribution is -2.51. The third-order valence-corrected chi connectivity index (χ3v) is 4.41. The molecule has 0 saturated carbocycles. The lowest BCUT2D eigenvalue weighted by atomic mass is 9.91. The number of aromatic nitrogens is 3. The monoisotopic (exact) mass is 306 g/mol. The van der Waals surface area contributed by atoms with Gasteiger partial charge in [0.1, 0.15) is 17.7 Å². The summed E-state index contributed by atoms with van der Waals surface area (Å²) in [6.45, 7) is 3.70. The smallest absolute Gasteiger partial charge is 0.273 e. The molecule has 0 spiro atoms. The molecular weight excluding hydrogens is 288 g/mol. The Morgan fingerprint density at radius 3 is 3.00 bits per heavy atom. The molecule has 2 aromatic heterocycles. The van der Waals surface area contributed by atoms with Crippen LogP contribution in [0.4, 0.5) is 0 Å². The number of carbonyl (C=O) groups excluding carboxylic acids is 1. The number of fused-ring (bicyclic) bond motifs is 1. The summed E-state index contributed by atoms with van der Waals surface area (Å²) in [7, 11) is 0. The van der Waals surface area contributed by atoms with Gasteiger partial charge in [0.05, 0.1) is 5.39 Å². The third kappa shape index (κ3) is 2.59. The molecule has 5 heteroatoms. The number of likely N-dealkylation sites (tertiary alicyclic amines) is 1. The summed E-state index contributed by atoms with van der Waals surface area (Å²) in [6.07, 6.45) is 4.25. The van der Waals surface area contributed by atoms with E-state index in [9.17, 15) is 4.79 Å². The van der Waals surface area contributed by atoms with Gasteiger partial charge in [0.2, 0.25) is 0 Å². The molecule has 1 saturated heterocycles. The SMILES string of the molecule is Cc1cccc(CC2CN(C(=O)c3ncnc4[nH]ccc34)C2)c1. The van der Waals surface area contributed by atoms with Gasteiger partial charge in [-0.3, -0.25) is 4.79 Å². The topological polar surface area (TPSA) is 61.9 Å². The van der Waals surface area contributed by atoms with E-state index in [0.717, 1.165) is 24.9 Å². The summed E-state index contributed by atoms with van der Waals surface area (Å²) in [6, 6.07) is 10.4.